The van der Waals surface area contributed by atoms with E-state index in [1.807, 2.05) is 6.07 Å². The van der Waals surface area contributed by atoms with Gasteiger partial charge in [0.1, 0.15) is 11.5 Å². The maximum atomic E-state index is 14.6. The number of nitrogen functional groups attached to an aromatic ring is 2. The predicted molar refractivity (Wildman–Crippen MR) is 162 cm³/mol. The molecule has 3 rings (SSSR count). The second-order valence-corrected chi connectivity index (χ2v) is 9.76. The van der Waals surface area contributed by atoms with Crippen LogP contribution in [-0.4, -0.2) is 31.8 Å². The minimum Gasteiger partial charge on any atom is -0.494 e. The summed E-state index contributed by atoms with van der Waals surface area (Å²) in [4.78, 5) is 24.1. The Bertz CT molecular complexity index is 1420. The van der Waals surface area contributed by atoms with Crippen molar-refractivity contribution in [2.45, 2.75) is 44.6 Å². The molecule has 0 unspecified atom stereocenters. The number of unbranched alkanes of at least 4 members (excludes halogenated alkanes) is 4. The van der Waals surface area contributed by atoms with Crippen LogP contribution >= 0.6 is 0 Å². The molecule has 3 aromatic carbocycles. The van der Waals surface area contributed by atoms with Crippen molar-refractivity contribution < 1.29 is 37.3 Å². The molecule has 0 aromatic heterocycles. The number of alkyl halides is 2. The number of carbonyl (C=O) groups excluding carboxylic acids is 2. The summed E-state index contributed by atoms with van der Waals surface area (Å²) >= 11 is 0. The molecular weight excluding hydrogens is 572 g/mol. The average molecular weight is 608 g/mol. The van der Waals surface area contributed by atoms with Gasteiger partial charge in [-0.1, -0.05) is 12.1 Å². The molecule has 0 heterocycles. The number of benzene rings is 3. The number of ether oxygens (including phenoxy) is 4. The molecule has 9 nitrogen and oxygen atoms in total. The number of rotatable bonds is 17. The molecule has 0 saturated heterocycles. The largest absolute Gasteiger partial charge is 0.494 e. The maximum absolute atomic E-state index is 14.6. The Morgan fingerprint density at radius 1 is 0.795 bits per heavy atom. The van der Waals surface area contributed by atoms with E-state index in [0.29, 0.717) is 60.5 Å². The van der Waals surface area contributed by atoms with Gasteiger partial charge in [0.05, 0.1) is 37.0 Å². The second-order valence-electron chi connectivity index (χ2n) is 9.76. The van der Waals surface area contributed by atoms with Crippen LogP contribution in [0.15, 0.2) is 72.8 Å². The highest BCUT2D eigenvalue weighted by atomic mass is 19.3. The fourth-order valence-corrected chi connectivity index (χ4v) is 3.93. The van der Waals surface area contributed by atoms with E-state index in [1.165, 1.54) is 60.7 Å². The zero-order chi connectivity index (χ0) is 31.8. The molecule has 0 aliphatic heterocycles. The van der Waals surface area contributed by atoms with Gasteiger partial charge >= 0.3 is 18.0 Å². The average Bonchev–Trinajstić information content (AvgIpc) is 2.99. The van der Waals surface area contributed by atoms with E-state index in [2.05, 4.69) is 0 Å². The van der Waals surface area contributed by atoms with Crippen molar-refractivity contribution in [2.24, 2.45) is 0 Å². The summed E-state index contributed by atoms with van der Waals surface area (Å²) < 4.78 is 50.0. The Hall–Kier alpha value is -5.11. The normalized spacial score (nSPS) is 11.1. The summed E-state index contributed by atoms with van der Waals surface area (Å²) in [6.45, 7) is 0.817. The van der Waals surface area contributed by atoms with Crippen molar-refractivity contribution in [1.82, 2.24) is 0 Å². The molecule has 3 aromatic rings. The number of anilines is 2. The Morgan fingerprint density at radius 3 is 2.05 bits per heavy atom. The van der Waals surface area contributed by atoms with Crippen molar-refractivity contribution in [3.8, 4) is 17.6 Å². The lowest BCUT2D eigenvalue weighted by atomic mass is 10.2. The lowest BCUT2D eigenvalue weighted by Crippen LogP contribution is -2.21. The van der Waals surface area contributed by atoms with Gasteiger partial charge < -0.3 is 30.4 Å². The van der Waals surface area contributed by atoms with Crippen LogP contribution in [0, 0.1) is 11.3 Å². The topological polar surface area (TPSA) is 147 Å². The summed E-state index contributed by atoms with van der Waals surface area (Å²) in [6, 6.07) is 17.7. The van der Waals surface area contributed by atoms with Crippen LogP contribution in [0.5, 0.6) is 11.5 Å². The molecule has 11 heteroatoms. The van der Waals surface area contributed by atoms with Crippen LogP contribution in [-0.2, 0) is 20.4 Å². The van der Waals surface area contributed by atoms with Crippen LogP contribution in [0.2, 0.25) is 0 Å². The molecule has 232 valence electrons. The molecule has 0 bridgehead atoms. The van der Waals surface area contributed by atoms with Crippen LogP contribution in [0.3, 0.4) is 0 Å². The van der Waals surface area contributed by atoms with Gasteiger partial charge in [-0.2, -0.15) is 14.0 Å². The molecule has 0 saturated carbocycles. The van der Waals surface area contributed by atoms with Crippen molar-refractivity contribution in [3.63, 3.8) is 0 Å². The third-order valence-corrected chi connectivity index (χ3v) is 6.16. The van der Waals surface area contributed by atoms with Gasteiger partial charge in [0.15, 0.2) is 0 Å². The lowest BCUT2D eigenvalue weighted by molar-refractivity contribution is -0.185. The number of nitrogens with zero attached hydrogens (tertiary/aromatic N) is 1. The number of nitriles is 1. The van der Waals surface area contributed by atoms with E-state index < -0.39 is 18.0 Å². The summed E-state index contributed by atoms with van der Waals surface area (Å²) in [6.07, 6.45) is 3.00. The fourth-order valence-electron chi connectivity index (χ4n) is 3.93. The smallest absolute Gasteiger partial charge is 0.426 e. The quantitative estimate of drug-likeness (QED) is 0.0746. The molecule has 0 spiro atoms. The zero-order valence-electron chi connectivity index (χ0n) is 24.2. The molecule has 0 radical (unpaired) electrons. The maximum Gasteiger partial charge on any atom is 0.426 e. The van der Waals surface area contributed by atoms with Crippen molar-refractivity contribution in [3.05, 3.63) is 89.5 Å². The van der Waals surface area contributed by atoms with E-state index in [0.717, 1.165) is 12.8 Å². The number of nitrogens with two attached hydrogens (primary N) is 2. The van der Waals surface area contributed by atoms with Gasteiger partial charge in [0, 0.05) is 23.9 Å². The van der Waals surface area contributed by atoms with Crippen molar-refractivity contribution in [1.29, 1.82) is 5.26 Å². The number of halogens is 2. The monoisotopic (exact) mass is 607 g/mol. The molecule has 0 amide bonds. The molecule has 0 aliphatic carbocycles. The fraction of sp³-hybridized carbons (Fsp3) is 0.303. The summed E-state index contributed by atoms with van der Waals surface area (Å²) in [7, 11) is 0. The molecule has 0 fully saturated rings. The van der Waals surface area contributed by atoms with Crippen LogP contribution in [0.1, 0.15) is 60.0 Å². The van der Waals surface area contributed by atoms with Gasteiger partial charge in [0.2, 0.25) is 0 Å². The first kappa shape index (κ1) is 33.4. The first-order valence-corrected chi connectivity index (χ1v) is 14.1. The Labute approximate surface area is 255 Å². The summed E-state index contributed by atoms with van der Waals surface area (Å²) in [5, 5.41) is 8.54. The Balaban J connectivity index is 1.31. The SMILES string of the molecule is N#CCCCOc1ccc(C(F)(F)Oc2ccc(/C=C/C(=O)OCCCCCCOC(=O)c3cc(N)cc(N)c3)cc2)cc1. The zero-order valence-corrected chi connectivity index (χ0v) is 24.2. The summed E-state index contributed by atoms with van der Waals surface area (Å²) in [5.74, 6) is -0.627. The van der Waals surface area contributed by atoms with Crippen molar-refractivity contribution in [2.75, 3.05) is 31.3 Å². The highest BCUT2D eigenvalue weighted by molar-refractivity contribution is 5.91. The molecule has 4 N–H and O–H groups in total. The van der Waals surface area contributed by atoms with E-state index in [4.69, 9.17) is 35.7 Å². The predicted octanol–water partition coefficient (Wildman–Crippen LogP) is 6.64. The summed E-state index contributed by atoms with van der Waals surface area (Å²) in [5.41, 5.74) is 12.7. The minimum absolute atomic E-state index is 0.0456. The molecule has 0 aliphatic rings. The number of hydrogen-bond donors (Lipinski definition) is 2. The third-order valence-electron chi connectivity index (χ3n) is 6.16. The molecular formula is C33H35F2N3O6. The first-order chi connectivity index (χ1) is 21.2. The third kappa shape index (κ3) is 11.6. The minimum atomic E-state index is -3.57. The van der Waals surface area contributed by atoms with Crippen molar-refractivity contribution >= 4 is 29.4 Å². The van der Waals surface area contributed by atoms with E-state index >= 15 is 0 Å². The lowest BCUT2D eigenvalue weighted by Gasteiger charge is -2.18. The first-order valence-electron chi connectivity index (χ1n) is 14.1. The number of hydrogen-bond acceptors (Lipinski definition) is 9. The molecule has 0 atom stereocenters. The van der Waals surface area contributed by atoms with Gasteiger partial charge in [-0.05, 0) is 98.3 Å². The van der Waals surface area contributed by atoms with Gasteiger partial charge in [0.25, 0.3) is 0 Å². The highest BCUT2D eigenvalue weighted by Crippen LogP contribution is 2.32. The number of carbonyl (C=O) groups is 2. The second kappa shape index (κ2) is 17.1. The Morgan fingerprint density at radius 2 is 1.41 bits per heavy atom. The standard InChI is InChI=1S/C33H35F2N3O6/c34-33(35,26-10-14-29(15-11-26)41-18-6-3-17-36)44-30-12-7-24(8-13-30)9-16-31(39)42-19-4-1-2-5-20-43-32(40)25-21-27(37)23-28(38)22-25/h7-16,21-23H,1-6,18-20,37-38H2/b16-9+. The highest BCUT2D eigenvalue weighted by Gasteiger charge is 2.34. The van der Waals surface area contributed by atoms with E-state index in [1.54, 1.807) is 18.2 Å². The van der Waals surface area contributed by atoms with E-state index in [9.17, 15) is 18.4 Å². The number of esters is 2. The van der Waals surface area contributed by atoms with Gasteiger partial charge in [-0.15, -0.1) is 0 Å². The van der Waals surface area contributed by atoms with Gasteiger partial charge in [-0.3, -0.25) is 0 Å². The van der Waals surface area contributed by atoms with Crippen LogP contribution < -0.4 is 20.9 Å². The van der Waals surface area contributed by atoms with Gasteiger partial charge in [-0.25, -0.2) is 9.59 Å². The van der Waals surface area contributed by atoms with Crippen LogP contribution in [0.25, 0.3) is 6.08 Å². The Kier molecular flexibility index (Phi) is 13.0. The molecule has 44 heavy (non-hydrogen) atoms. The van der Waals surface area contributed by atoms with E-state index in [-0.39, 0.29) is 24.5 Å². The van der Waals surface area contributed by atoms with Crippen LogP contribution in [0.4, 0.5) is 20.2 Å².